The molecule has 2 aliphatic rings. The summed E-state index contributed by atoms with van der Waals surface area (Å²) in [7, 11) is 0. The van der Waals surface area contributed by atoms with Crippen molar-refractivity contribution < 1.29 is 0 Å². The maximum atomic E-state index is 4.81. The zero-order chi connectivity index (χ0) is 11.8. The molecule has 2 nitrogen and oxygen atoms in total. The first kappa shape index (κ1) is 11.3. The Labute approximate surface area is 104 Å². The molecule has 0 amide bonds. The Morgan fingerprint density at radius 3 is 2.76 bits per heavy atom. The summed E-state index contributed by atoms with van der Waals surface area (Å²) >= 11 is 0. The Kier molecular flexibility index (Phi) is 2.97. The molecule has 0 bridgehead atoms. The van der Waals surface area contributed by atoms with Crippen LogP contribution in [0.15, 0.2) is 0 Å². The predicted octanol–water partition coefficient (Wildman–Crippen LogP) is 3.82. The fraction of sp³-hybridized carbons (Fsp3) is 0.800. The van der Waals surface area contributed by atoms with E-state index in [9.17, 15) is 0 Å². The summed E-state index contributed by atoms with van der Waals surface area (Å²) in [6.07, 6.45) is 10.7. The Balaban J connectivity index is 1.93. The standard InChI is InChI=1S/C15H24N2/c1-11-6-5-7-13(10-11)17-12(2)16-14-8-3-4-9-15(14)17/h11,13H,3-10H2,1-2H3. The van der Waals surface area contributed by atoms with Crippen LogP contribution >= 0.6 is 0 Å². The highest BCUT2D eigenvalue weighted by atomic mass is 15.1. The van der Waals surface area contributed by atoms with Crippen molar-refractivity contribution in [1.29, 1.82) is 0 Å². The summed E-state index contributed by atoms with van der Waals surface area (Å²) in [5.41, 5.74) is 2.99. The van der Waals surface area contributed by atoms with Gasteiger partial charge >= 0.3 is 0 Å². The van der Waals surface area contributed by atoms with Gasteiger partial charge in [0.1, 0.15) is 5.82 Å². The monoisotopic (exact) mass is 232 g/mol. The van der Waals surface area contributed by atoms with Gasteiger partial charge in [0.2, 0.25) is 0 Å². The molecule has 0 spiro atoms. The summed E-state index contributed by atoms with van der Waals surface area (Å²) in [5.74, 6) is 2.17. The lowest BCUT2D eigenvalue weighted by molar-refractivity contribution is 0.274. The van der Waals surface area contributed by atoms with E-state index in [4.69, 9.17) is 4.98 Å². The van der Waals surface area contributed by atoms with Crippen LogP contribution in [0.1, 0.15) is 68.7 Å². The number of aryl methyl sites for hydroxylation is 2. The van der Waals surface area contributed by atoms with Crippen LogP contribution < -0.4 is 0 Å². The van der Waals surface area contributed by atoms with Crippen LogP contribution in [-0.2, 0) is 12.8 Å². The first-order chi connectivity index (χ1) is 8.25. The third kappa shape index (κ3) is 2.02. The molecular formula is C15H24N2. The molecule has 2 atom stereocenters. The van der Waals surface area contributed by atoms with Crippen molar-refractivity contribution in [2.45, 2.75) is 71.3 Å². The second-order valence-corrected chi connectivity index (χ2v) is 6.06. The van der Waals surface area contributed by atoms with Gasteiger partial charge in [-0.15, -0.1) is 0 Å². The molecule has 2 unspecified atom stereocenters. The molecule has 1 aromatic rings. The minimum atomic E-state index is 0.744. The average molecular weight is 232 g/mol. The molecule has 3 rings (SSSR count). The molecule has 1 aromatic heterocycles. The molecule has 0 saturated heterocycles. The molecule has 94 valence electrons. The number of hydrogen-bond acceptors (Lipinski definition) is 1. The van der Waals surface area contributed by atoms with E-state index in [1.54, 1.807) is 5.69 Å². The Bertz CT molecular complexity index is 405. The third-order valence-electron chi connectivity index (χ3n) is 4.62. The normalized spacial score (nSPS) is 29.1. The largest absolute Gasteiger partial charge is 0.329 e. The molecular weight excluding hydrogens is 208 g/mol. The highest BCUT2D eigenvalue weighted by Gasteiger charge is 2.26. The third-order valence-corrected chi connectivity index (χ3v) is 4.62. The van der Waals surface area contributed by atoms with Crippen LogP contribution in [0.4, 0.5) is 0 Å². The van der Waals surface area contributed by atoms with E-state index in [-0.39, 0.29) is 0 Å². The van der Waals surface area contributed by atoms with Crippen molar-refractivity contribution in [2.24, 2.45) is 5.92 Å². The van der Waals surface area contributed by atoms with Gasteiger partial charge in [-0.05, 0) is 51.4 Å². The van der Waals surface area contributed by atoms with E-state index in [1.807, 2.05) is 0 Å². The first-order valence-electron chi connectivity index (χ1n) is 7.32. The average Bonchev–Trinajstić information content (AvgIpc) is 2.64. The SMILES string of the molecule is Cc1nc2c(n1C1CCCC(C)C1)CCCC2. The number of aromatic nitrogens is 2. The zero-order valence-corrected chi connectivity index (χ0v) is 11.2. The number of rotatable bonds is 1. The van der Waals surface area contributed by atoms with Crippen LogP contribution in [0.25, 0.3) is 0 Å². The molecule has 2 aliphatic carbocycles. The second-order valence-electron chi connectivity index (χ2n) is 6.06. The highest BCUT2D eigenvalue weighted by molar-refractivity contribution is 5.21. The van der Waals surface area contributed by atoms with Gasteiger partial charge in [0.15, 0.2) is 0 Å². The van der Waals surface area contributed by atoms with Gasteiger partial charge in [-0.25, -0.2) is 4.98 Å². The van der Waals surface area contributed by atoms with Gasteiger partial charge in [-0.2, -0.15) is 0 Å². The van der Waals surface area contributed by atoms with Gasteiger partial charge in [-0.1, -0.05) is 19.8 Å². The number of imidazole rings is 1. The van der Waals surface area contributed by atoms with E-state index in [2.05, 4.69) is 18.4 Å². The fourth-order valence-corrected chi connectivity index (χ4v) is 3.82. The smallest absolute Gasteiger partial charge is 0.106 e. The van der Waals surface area contributed by atoms with Crippen LogP contribution in [0.3, 0.4) is 0 Å². The van der Waals surface area contributed by atoms with Crippen molar-refractivity contribution >= 4 is 0 Å². The summed E-state index contributed by atoms with van der Waals surface area (Å²) in [5, 5.41) is 0. The Hall–Kier alpha value is -0.790. The lowest BCUT2D eigenvalue weighted by atomic mass is 9.86. The van der Waals surface area contributed by atoms with Crippen molar-refractivity contribution in [3.63, 3.8) is 0 Å². The van der Waals surface area contributed by atoms with E-state index in [1.165, 1.54) is 62.9 Å². The van der Waals surface area contributed by atoms with Gasteiger partial charge in [0, 0.05) is 11.7 Å². The number of hydrogen-bond donors (Lipinski definition) is 0. The van der Waals surface area contributed by atoms with Crippen molar-refractivity contribution in [3.8, 4) is 0 Å². The van der Waals surface area contributed by atoms with Gasteiger partial charge in [0.25, 0.3) is 0 Å². The topological polar surface area (TPSA) is 17.8 Å². The molecule has 0 aromatic carbocycles. The second kappa shape index (κ2) is 4.47. The van der Waals surface area contributed by atoms with Crippen LogP contribution in [0, 0.1) is 12.8 Å². The maximum absolute atomic E-state index is 4.81. The number of fused-ring (bicyclic) bond motifs is 1. The summed E-state index contributed by atoms with van der Waals surface area (Å²) in [6.45, 7) is 4.61. The van der Waals surface area contributed by atoms with Crippen LogP contribution in [0.2, 0.25) is 0 Å². The van der Waals surface area contributed by atoms with Crippen LogP contribution in [0.5, 0.6) is 0 Å². The lowest BCUT2D eigenvalue weighted by Crippen LogP contribution is -2.21. The molecule has 0 radical (unpaired) electrons. The Morgan fingerprint density at radius 1 is 1.12 bits per heavy atom. The van der Waals surface area contributed by atoms with Gasteiger partial charge in [0.05, 0.1) is 5.69 Å². The van der Waals surface area contributed by atoms with E-state index >= 15 is 0 Å². The fourth-order valence-electron chi connectivity index (χ4n) is 3.82. The molecule has 0 N–H and O–H groups in total. The molecule has 17 heavy (non-hydrogen) atoms. The van der Waals surface area contributed by atoms with Crippen molar-refractivity contribution in [1.82, 2.24) is 9.55 Å². The lowest BCUT2D eigenvalue weighted by Gasteiger charge is -2.30. The molecule has 1 heterocycles. The van der Waals surface area contributed by atoms with E-state index in [0.29, 0.717) is 0 Å². The van der Waals surface area contributed by atoms with Crippen molar-refractivity contribution in [3.05, 3.63) is 17.2 Å². The molecule has 2 heteroatoms. The summed E-state index contributed by atoms with van der Waals surface area (Å²) < 4.78 is 2.60. The predicted molar refractivity (Wildman–Crippen MR) is 70.3 cm³/mol. The molecule has 0 aliphatic heterocycles. The van der Waals surface area contributed by atoms with Gasteiger partial charge < -0.3 is 4.57 Å². The van der Waals surface area contributed by atoms with Gasteiger partial charge in [-0.3, -0.25) is 0 Å². The van der Waals surface area contributed by atoms with Crippen LogP contribution in [-0.4, -0.2) is 9.55 Å². The number of nitrogens with zero attached hydrogens (tertiary/aromatic N) is 2. The summed E-state index contributed by atoms with van der Waals surface area (Å²) in [6, 6.07) is 0.744. The quantitative estimate of drug-likeness (QED) is 0.719. The van der Waals surface area contributed by atoms with E-state index < -0.39 is 0 Å². The highest BCUT2D eigenvalue weighted by Crippen LogP contribution is 2.36. The minimum absolute atomic E-state index is 0.744. The first-order valence-corrected chi connectivity index (χ1v) is 7.32. The molecule has 1 fully saturated rings. The van der Waals surface area contributed by atoms with Crippen molar-refractivity contribution in [2.75, 3.05) is 0 Å². The maximum Gasteiger partial charge on any atom is 0.106 e. The Morgan fingerprint density at radius 2 is 1.94 bits per heavy atom. The summed E-state index contributed by atoms with van der Waals surface area (Å²) in [4.78, 5) is 4.81. The zero-order valence-electron chi connectivity index (χ0n) is 11.2. The van der Waals surface area contributed by atoms with E-state index in [0.717, 1.165) is 12.0 Å². The minimum Gasteiger partial charge on any atom is -0.329 e. The molecule has 1 saturated carbocycles.